The Morgan fingerprint density at radius 2 is 2.04 bits per heavy atom. The van der Waals surface area contributed by atoms with Gasteiger partial charge in [0, 0.05) is 37.3 Å². The maximum atomic E-state index is 13.3. The summed E-state index contributed by atoms with van der Waals surface area (Å²) in [6, 6.07) is 7.95. The third-order valence-electron chi connectivity index (χ3n) is 5.71. The molecule has 2 atom stereocenters. The summed E-state index contributed by atoms with van der Waals surface area (Å²) in [5, 5.41) is 11.0. The normalized spacial score (nSPS) is 24.3. The van der Waals surface area contributed by atoms with Gasteiger partial charge in [0.2, 0.25) is 0 Å². The van der Waals surface area contributed by atoms with E-state index in [1.165, 1.54) is 0 Å². The van der Waals surface area contributed by atoms with Gasteiger partial charge in [-0.1, -0.05) is 18.2 Å². The second-order valence-electron chi connectivity index (χ2n) is 7.64. The highest BCUT2D eigenvalue weighted by Crippen LogP contribution is 2.24. The molecule has 2 aliphatic heterocycles. The molecule has 0 bridgehead atoms. The fraction of sp³-hybridized carbons (Fsp3) is 0.524. The Morgan fingerprint density at radius 3 is 2.81 bits per heavy atom. The molecule has 2 fully saturated rings. The number of ether oxygens (including phenoxy) is 1. The van der Waals surface area contributed by atoms with Crippen LogP contribution < -0.4 is 0 Å². The maximum Gasteiger partial charge on any atom is 0.254 e. The number of carbonyl (C=O) groups is 1. The van der Waals surface area contributed by atoms with Crippen molar-refractivity contribution in [2.45, 2.75) is 32.4 Å². The molecule has 0 radical (unpaired) electrons. The minimum absolute atomic E-state index is 0.0479. The average Bonchev–Trinajstić information content (AvgIpc) is 2.93. The number of aromatic nitrogens is 1. The molecule has 6 heteroatoms. The number of fused-ring (bicyclic) bond motifs is 1. The van der Waals surface area contributed by atoms with E-state index in [1.54, 1.807) is 0 Å². The number of hydrogen-bond acceptors (Lipinski definition) is 5. The van der Waals surface area contributed by atoms with Crippen molar-refractivity contribution < 1.29 is 14.6 Å². The van der Waals surface area contributed by atoms with Crippen molar-refractivity contribution >= 4 is 16.8 Å². The predicted octanol–water partition coefficient (Wildman–Crippen LogP) is 1.76. The molecule has 2 saturated heterocycles. The van der Waals surface area contributed by atoms with Gasteiger partial charge in [-0.2, -0.15) is 0 Å². The largest absolute Gasteiger partial charge is 0.389 e. The van der Waals surface area contributed by atoms with Crippen LogP contribution in [-0.2, 0) is 4.74 Å². The van der Waals surface area contributed by atoms with Crippen LogP contribution in [0.5, 0.6) is 0 Å². The van der Waals surface area contributed by atoms with Crippen LogP contribution in [-0.4, -0.2) is 77.3 Å². The van der Waals surface area contributed by atoms with Crippen LogP contribution in [0.1, 0.15) is 28.0 Å². The highest BCUT2D eigenvalue weighted by Gasteiger charge is 2.33. The third-order valence-corrected chi connectivity index (χ3v) is 5.71. The van der Waals surface area contributed by atoms with Gasteiger partial charge in [-0.25, -0.2) is 0 Å². The highest BCUT2D eigenvalue weighted by molar-refractivity contribution is 6.06. The number of nitrogens with zero attached hydrogens (tertiary/aromatic N) is 3. The predicted molar refractivity (Wildman–Crippen MR) is 104 cm³/mol. The summed E-state index contributed by atoms with van der Waals surface area (Å²) in [5.41, 5.74) is 3.59. The molecule has 144 valence electrons. The van der Waals surface area contributed by atoms with Crippen molar-refractivity contribution in [1.82, 2.24) is 14.8 Å². The smallest absolute Gasteiger partial charge is 0.254 e. The van der Waals surface area contributed by atoms with Crippen LogP contribution in [0.15, 0.2) is 24.3 Å². The standard InChI is InChI=1S/C21H27N3O3/c1-14-5-3-6-16-17(11-15(2)22-20(14)16)21(26)24-8-4-7-23(9-10-24)18-12-27-13-19(18)25/h3,5-6,11,18-19,25H,4,7-10,12-13H2,1-2H3/t18-,19-/m0/s1. The lowest BCUT2D eigenvalue weighted by atomic mass is 10.0. The zero-order valence-corrected chi connectivity index (χ0v) is 16.0. The van der Waals surface area contributed by atoms with E-state index in [-0.39, 0.29) is 11.9 Å². The molecule has 3 heterocycles. The number of pyridine rings is 1. The molecule has 27 heavy (non-hydrogen) atoms. The summed E-state index contributed by atoms with van der Waals surface area (Å²) >= 11 is 0. The van der Waals surface area contributed by atoms with E-state index < -0.39 is 6.10 Å². The first-order chi connectivity index (χ1) is 13.0. The quantitative estimate of drug-likeness (QED) is 0.874. The summed E-state index contributed by atoms with van der Waals surface area (Å²) in [7, 11) is 0. The number of aryl methyl sites for hydroxylation is 2. The fourth-order valence-electron chi connectivity index (χ4n) is 4.22. The number of hydrogen-bond donors (Lipinski definition) is 1. The van der Waals surface area contributed by atoms with Gasteiger partial charge in [0.15, 0.2) is 0 Å². The molecule has 0 saturated carbocycles. The van der Waals surface area contributed by atoms with Crippen LogP contribution in [0.25, 0.3) is 10.9 Å². The van der Waals surface area contributed by atoms with Gasteiger partial charge in [-0.15, -0.1) is 0 Å². The van der Waals surface area contributed by atoms with E-state index in [0.29, 0.717) is 19.8 Å². The van der Waals surface area contributed by atoms with Crippen molar-refractivity contribution in [3.05, 3.63) is 41.1 Å². The first kappa shape index (κ1) is 18.3. The monoisotopic (exact) mass is 369 g/mol. The first-order valence-corrected chi connectivity index (χ1v) is 9.70. The van der Waals surface area contributed by atoms with Crippen molar-refractivity contribution in [3.63, 3.8) is 0 Å². The molecule has 2 aromatic rings. The zero-order valence-electron chi connectivity index (χ0n) is 16.0. The van der Waals surface area contributed by atoms with Crippen molar-refractivity contribution in [2.24, 2.45) is 0 Å². The molecule has 6 nitrogen and oxygen atoms in total. The molecule has 4 rings (SSSR count). The van der Waals surface area contributed by atoms with Gasteiger partial charge in [0.1, 0.15) is 0 Å². The summed E-state index contributed by atoms with van der Waals surface area (Å²) in [6.07, 6.45) is 0.470. The van der Waals surface area contributed by atoms with E-state index in [1.807, 2.05) is 43.0 Å². The Hall–Kier alpha value is -2.02. The van der Waals surface area contributed by atoms with Crippen molar-refractivity contribution in [1.29, 1.82) is 0 Å². The Labute approximate surface area is 159 Å². The number of aliphatic hydroxyl groups excluding tert-OH is 1. The maximum absolute atomic E-state index is 13.3. The van der Waals surface area contributed by atoms with Crippen molar-refractivity contribution in [2.75, 3.05) is 39.4 Å². The number of rotatable bonds is 2. The van der Waals surface area contributed by atoms with Crippen LogP contribution in [0.2, 0.25) is 0 Å². The van der Waals surface area contributed by atoms with Gasteiger partial charge in [-0.05, 0) is 31.9 Å². The van der Waals surface area contributed by atoms with Crippen molar-refractivity contribution in [3.8, 4) is 0 Å². The molecule has 1 amide bonds. The molecule has 0 unspecified atom stereocenters. The fourth-order valence-corrected chi connectivity index (χ4v) is 4.22. The second kappa shape index (κ2) is 7.54. The number of carbonyl (C=O) groups excluding carboxylic acids is 1. The molecular formula is C21H27N3O3. The lowest BCUT2D eigenvalue weighted by Gasteiger charge is -2.28. The van der Waals surface area contributed by atoms with E-state index in [9.17, 15) is 9.90 Å². The van der Waals surface area contributed by atoms with Crippen LogP contribution >= 0.6 is 0 Å². The van der Waals surface area contributed by atoms with Gasteiger partial charge in [0.05, 0.1) is 36.4 Å². The lowest BCUT2D eigenvalue weighted by molar-refractivity contribution is 0.0726. The van der Waals surface area contributed by atoms with Gasteiger partial charge in [-0.3, -0.25) is 14.7 Å². The first-order valence-electron chi connectivity index (χ1n) is 9.70. The molecule has 1 aromatic carbocycles. The molecule has 1 N–H and O–H groups in total. The third kappa shape index (κ3) is 3.57. The summed E-state index contributed by atoms with van der Waals surface area (Å²) in [5.74, 6) is 0.0705. The second-order valence-corrected chi connectivity index (χ2v) is 7.64. The Bertz CT molecular complexity index is 854. The highest BCUT2D eigenvalue weighted by atomic mass is 16.5. The number of para-hydroxylation sites is 1. The summed E-state index contributed by atoms with van der Waals surface area (Å²) in [4.78, 5) is 22.2. The molecule has 2 aliphatic rings. The Balaban J connectivity index is 1.57. The van der Waals surface area contributed by atoms with Gasteiger partial charge < -0.3 is 14.7 Å². The zero-order chi connectivity index (χ0) is 19.0. The van der Waals surface area contributed by atoms with Crippen LogP contribution in [0.4, 0.5) is 0 Å². The topological polar surface area (TPSA) is 65.9 Å². The van der Waals surface area contributed by atoms with Crippen LogP contribution in [0.3, 0.4) is 0 Å². The average molecular weight is 369 g/mol. The lowest BCUT2D eigenvalue weighted by Crippen LogP contribution is -2.45. The minimum atomic E-state index is -0.429. The number of aliphatic hydroxyl groups is 1. The SMILES string of the molecule is Cc1cc(C(=O)N2CCCN([C@H]3COC[C@@H]3O)CC2)c2cccc(C)c2n1. The minimum Gasteiger partial charge on any atom is -0.389 e. The number of benzene rings is 1. The van der Waals surface area contributed by atoms with Gasteiger partial charge >= 0.3 is 0 Å². The molecule has 1 aromatic heterocycles. The Morgan fingerprint density at radius 1 is 1.19 bits per heavy atom. The van der Waals surface area contributed by atoms with Gasteiger partial charge in [0.25, 0.3) is 5.91 Å². The molecular weight excluding hydrogens is 342 g/mol. The Kier molecular flexibility index (Phi) is 5.12. The van der Waals surface area contributed by atoms with E-state index in [4.69, 9.17) is 4.74 Å². The molecule has 0 spiro atoms. The summed E-state index contributed by atoms with van der Waals surface area (Å²) in [6.45, 7) is 7.98. The summed E-state index contributed by atoms with van der Waals surface area (Å²) < 4.78 is 5.40. The van der Waals surface area contributed by atoms with Crippen LogP contribution in [0, 0.1) is 13.8 Å². The number of amides is 1. The van der Waals surface area contributed by atoms with E-state index >= 15 is 0 Å². The molecule has 0 aliphatic carbocycles. The van der Waals surface area contributed by atoms with E-state index in [2.05, 4.69) is 9.88 Å². The van der Waals surface area contributed by atoms with E-state index in [0.717, 1.165) is 53.8 Å².